The molecule has 0 spiro atoms. The fourth-order valence-corrected chi connectivity index (χ4v) is 3.23. The lowest BCUT2D eigenvalue weighted by molar-refractivity contribution is -0.205. The summed E-state index contributed by atoms with van der Waals surface area (Å²) in [6.45, 7) is 2.44. The van der Waals surface area contributed by atoms with Crippen molar-refractivity contribution in [3.63, 3.8) is 0 Å². The first kappa shape index (κ1) is 12.1. The summed E-state index contributed by atoms with van der Waals surface area (Å²) in [5.74, 6) is 0.481. The molecule has 2 fully saturated rings. The molecule has 2 saturated heterocycles. The zero-order valence-electron chi connectivity index (χ0n) is 11.4. The topological polar surface area (TPSA) is 34.6 Å². The Labute approximate surface area is 118 Å². The van der Waals surface area contributed by atoms with Crippen LogP contribution in [0.3, 0.4) is 0 Å². The number of ether oxygens (including phenoxy) is 2. The quantitative estimate of drug-likeness (QED) is 0.798. The van der Waals surface area contributed by atoms with Crippen LogP contribution in [-0.4, -0.2) is 31.2 Å². The van der Waals surface area contributed by atoms with Gasteiger partial charge in [0.2, 0.25) is 0 Å². The maximum Gasteiger partial charge on any atom is 0.164 e. The first-order chi connectivity index (χ1) is 9.92. The van der Waals surface area contributed by atoms with E-state index in [-0.39, 0.29) is 6.29 Å². The third-order valence-corrected chi connectivity index (χ3v) is 4.23. The number of aromatic nitrogens is 1. The maximum atomic E-state index is 5.89. The lowest BCUT2D eigenvalue weighted by atomic mass is 9.98. The predicted molar refractivity (Wildman–Crippen MR) is 77.5 cm³/mol. The van der Waals surface area contributed by atoms with Gasteiger partial charge >= 0.3 is 0 Å². The van der Waals surface area contributed by atoms with Gasteiger partial charge in [-0.05, 0) is 25.0 Å². The van der Waals surface area contributed by atoms with Crippen LogP contribution in [0.15, 0.2) is 36.7 Å². The van der Waals surface area contributed by atoms with Gasteiger partial charge in [0.15, 0.2) is 6.29 Å². The zero-order chi connectivity index (χ0) is 13.4. The minimum atomic E-state index is -0.00311. The Bertz CT molecular complexity index is 611. The Kier molecular flexibility index (Phi) is 3.05. The fraction of sp³-hybridized carbons (Fsp3) is 0.438. The number of nitrogens with zero attached hydrogens (tertiary/aromatic N) is 2. The van der Waals surface area contributed by atoms with E-state index in [9.17, 15) is 0 Å². The van der Waals surface area contributed by atoms with Crippen molar-refractivity contribution < 1.29 is 9.47 Å². The summed E-state index contributed by atoms with van der Waals surface area (Å²) in [5.41, 5.74) is 1.23. The SMILES string of the molecule is c1cc(N2CO[C@H]3OCCC[C@H]3C2)c2ccncc2c1. The molecule has 20 heavy (non-hydrogen) atoms. The summed E-state index contributed by atoms with van der Waals surface area (Å²) in [6, 6.07) is 8.43. The smallest absolute Gasteiger partial charge is 0.164 e. The van der Waals surface area contributed by atoms with E-state index in [4.69, 9.17) is 9.47 Å². The van der Waals surface area contributed by atoms with E-state index in [0.29, 0.717) is 12.6 Å². The van der Waals surface area contributed by atoms with Crippen LogP contribution in [0.4, 0.5) is 5.69 Å². The molecule has 1 aromatic carbocycles. The van der Waals surface area contributed by atoms with E-state index < -0.39 is 0 Å². The summed E-state index contributed by atoms with van der Waals surface area (Å²) < 4.78 is 11.6. The Morgan fingerprint density at radius 1 is 1.20 bits per heavy atom. The van der Waals surface area contributed by atoms with Crippen LogP contribution in [0, 0.1) is 5.92 Å². The highest BCUT2D eigenvalue weighted by Gasteiger charge is 2.33. The molecule has 4 rings (SSSR count). The largest absolute Gasteiger partial charge is 0.352 e. The summed E-state index contributed by atoms with van der Waals surface area (Å²) in [6.07, 6.45) is 6.08. The lowest BCUT2D eigenvalue weighted by Crippen LogP contribution is -2.48. The van der Waals surface area contributed by atoms with Crippen molar-refractivity contribution in [2.45, 2.75) is 19.1 Å². The molecule has 1 aromatic heterocycles. The molecule has 4 nitrogen and oxygen atoms in total. The van der Waals surface area contributed by atoms with Crippen molar-refractivity contribution in [1.82, 2.24) is 4.98 Å². The average Bonchev–Trinajstić information content (AvgIpc) is 2.54. The van der Waals surface area contributed by atoms with Crippen LogP contribution >= 0.6 is 0 Å². The summed E-state index contributed by atoms with van der Waals surface area (Å²) in [4.78, 5) is 6.51. The van der Waals surface area contributed by atoms with Crippen LogP contribution in [0.5, 0.6) is 0 Å². The van der Waals surface area contributed by atoms with Crippen molar-refractivity contribution in [1.29, 1.82) is 0 Å². The van der Waals surface area contributed by atoms with Crippen LogP contribution < -0.4 is 4.90 Å². The maximum absolute atomic E-state index is 5.89. The van der Waals surface area contributed by atoms with Gasteiger partial charge in [-0.3, -0.25) is 4.98 Å². The third kappa shape index (κ3) is 2.05. The molecular weight excluding hydrogens is 252 g/mol. The normalized spacial score (nSPS) is 26.5. The van der Waals surface area contributed by atoms with E-state index in [2.05, 4.69) is 34.1 Å². The highest BCUT2D eigenvalue weighted by atomic mass is 16.7. The first-order valence-electron chi connectivity index (χ1n) is 7.23. The second kappa shape index (κ2) is 5.04. The van der Waals surface area contributed by atoms with Gasteiger partial charge in [-0.15, -0.1) is 0 Å². The van der Waals surface area contributed by atoms with E-state index in [1.807, 2.05) is 12.4 Å². The van der Waals surface area contributed by atoms with Crippen LogP contribution in [-0.2, 0) is 9.47 Å². The predicted octanol–water partition coefficient (Wildman–Crippen LogP) is 2.78. The minimum Gasteiger partial charge on any atom is -0.352 e. The van der Waals surface area contributed by atoms with Gasteiger partial charge in [0.1, 0.15) is 6.73 Å². The summed E-state index contributed by atoms with van der Waals surface area (Å²) >= 11 is 0. The molecule has 0 amide bonds. The monoisotopic (exact) mass is 270 g/mol. The van der Waals surface area contributed by atoms with Gasteiger partial charge in [0.05, 0.1) is 0 Å². The van der Waals surface area contributed by atoms with Crippen molar-refractivity contribution in [2.24, 2.45) is 5.92 Å². The molecule has 0 N–H and O–H groups in total. The molecule has 4 heteroatoms. The molecule has 0 saturated carbocycles. The molecule has 2 aromatic rings. The Morgan fingerprint density at radius 2 is 2.20 bits per heavy atom. The molecular formula is C16H18N2O2. The number of fused-ring (bicyclic) bond motifs is 2. The van der Waals surface area contributed by atoms with E-state index >= 15 is 0 Å². The lowest BCUT2D eigenvalue weighted by Gasteiger charge is -2.41. The number of benzene rings is 1. The van der Waals surface area contributed by atoms with Gasteiger partial charge in [0.25, 0.3) is 0 Å². The van der Waals surface area contributed by atoms with Gasteiger partial charge in [0, 0.05) is 47.9 Å². The van der Waals surface area contributed by atoms with Crippen molar-refractivity contribution in [3.8, 4) is 0 Å². The molecule has 2 aliphatic heterocycles. The van der Waals surface area contributed by atoms with E-state index in [1.54, 1.807) is 0 Å². The first-order valence-corrected chi connectivity index (χ1v) is 7.23. The van der Waals surface area contributed by atoms with E-state index in [0.717, 1.165) is 19.6 Å². The molecule has 104 valence electrons. The fourth-order valence-electron chi connectivity index (χ4n) is 3.23. The molecule has 0 radical (unpaired) electrons. The highest BCUT2D eigenvalue weighted by Crippen LogP contribution is 2.32. The van der Waals surface area contributed by atoms with Gasteiger partial charge in [-0.25, -0.2) is 0 Å². The Balaban J connectivity index is 1.66. The Morgan fingerprint density at radius 3 is 3.20 bits per heavy atom. The van der Waals surface area contributed by atoms with Gasteiger partial charge in [-0.1, -0.05) is 12.1 Å². The molecule has 2 aliphatic rings. The standard InChI is InChI=1S/C16H18N2O2/c1-3-12-9-17-7-6-14(12)15(5-1)18-10-13-4-2-8-19-16(13)20-11-18/h1,3,5-7,9,13,16H,2,4,8,10-11H2/t13-,16+/m0/s1. The molecule has 0 bridgehead atoms. The van der Waals surface area contributed by atoms with E-state index in [1.165, 1.54) is 22.9 Å². The van der Waals surface area contributed by atoms with Crippen molar-refractivity contribution in [3.05, 3.63) is 36.7 Å². The van der Waals surface area contributed by atoms with Crippen LogP contribution in [0.2, 0.25) is 0 Å². The summed E-state index contributed by atoms with van der Waals surface area (Å²) in [5, 5.41) is 2.41. The number of rotatable bonds is 1. The second-order valence-electron chi connectivity index (χ2n) is 5.53. The van der Waals surface area contributed by atoms with Crippen molar-refractivity contribution in [2.75, 3.05) is 24.8 Å². The molecule has 2 atom stereocenters. The highest BCUT2D eigenvalue weighted by molar-refractivity contribution is 5.93. The average molecular weight is 270 g/mol. The van der Waals surface area contributed by atoms with Gasteiger partial charge < -0.3 is 14.4 Å². The number of hydrogen-bond acceptors (Lipinski definition) is 4. The Hall–Kier alpha value is -1.65. The zero-order valence-corrected chi connectivity index (χ0v) is 11.4. The molecule has 0 unspecified atom stereocenters. The van der Waals surface area contributed by atoms with Crippen LogP contribution in [0.1, 0.15) is 12.8 Å². The second-order valence-corrected chi connectivity index (χ2v) is 5.53. The summed E-state index contributed by atoms with van der Waals surface area (Å²) in [7, 11) is 0. The minimum absolute atomic E-state index is 0.00311. The number of anilines is 1. The van der Waals surface area contributed by atoms with Gasteiger partial charge in [-0.2, -0.15) is 0 Å². The van der Waals surface area contributed by atoms with Crippen LogP contribution in [0.25, 0.3) is 10.8 Å². The molecule has 3 heterocycles. The number of hydrogen-bond donors (Lipinski definition) is 0. The molecule has 0 aliphatic carbocycles. The third-order valence-electron chi connectivity index (χ3n) is 4.23. The number of pyridine rings is 1. The van der Waals surface area contributed by atoms with Crippen molar-refractivity contribution >= 4 is 16.5 Å².